The molecule has 0 saturated heterocycles. The number of carbonyl (C=O) groups excluding carboxylic acids is 2. The molecule has 0 spiro atoms. The lowest BCUT2D eigenvalue weighted by Crippen LogP contribution is -2.33. The second kappa shape index (κ2) is 9.94. The Morgan fingerprint density at radius 2 is 1.97 bits per heavy atom. The van der Waals surface area contributed by atoms with Crippen LogP contribution in [0.1, 0.15) is 35.0 Å². The first-order chi connectivity index (χ1) is 13.7. The SMILES string of the molecule is CCC(=O)Cc1cc(C(=O)NCc2ccc(OCC(F)(F)C(F)F)nc2)ccn1. The summed E-state index contributed by atoms with van der Waals surface area (Å²) in [6.07, 6.45) is -0.590. The van der Waals surface area contributed by atoms with E-state index in [0.717, 1.165) is 0 Å². The number of alkyl halides is 4. The van der Waals surface area contributed by atoms with Gasteiger partial charge in [-0.25, -0.2) is 13.8 Å². The molecule has 156 valence electrons. The van der Waals surface area contributed by atoms with Crippen LogP contribution in [0, 0.1) is 0 Å². The predicted molar refractivity (Wildman–Crippen MR) is 95.1 cm³/mol. The Labute approximate surface area is 164 Å². The third kappa shape index (κ3) is 6.81. The zero-order chi connectivity index (χ0) is 21.4. The monoisotopic (exact) mass is 413 g/mol. The highest BCUT2D eigenvalue weighted by Crippen LogP contribution is 2.23. The molecule has 2 aromatic heterocycles. The van der Waals surface area contributed by atoms with Gasteiger partial charge in [-0.3, -0.25) is 14.6 Å². The van der Waals surface area contributed by atoms with Crippen LogP contribution in [0.2, 0.25) is 0 Å². The van der Waals surface area contributed by atoms with Gasteiger partial charge in [-0.15, -0.1) is 0 Å². The first kappa shape index (κ1) is 22.3. The van der Waals surface area contributed by atoms with E-state index in [4.69, 9.17) is 0 Å². The van der Waals surface area contributed by atoms with Crippen LogP contribution in [-0.2, 0) is 17.8 Å². The number of ether oxygens (including phenoxy) is 1. The second-order valence-corrected chi connectivity index (χ2v) is 6.14. The highest BCUT2D eigenvalue weighted by molar-refractivity contribution is 5.94. The van der Waals surface area contributed by atoms with Crippen LogP contribution in [0.25, 0.3) is 0 Å². The van der Waals surface area contributed by atoms with Crippen LogP contribution >= 0.6 is 0 Å². The quantitative estimate of drug-likeness (QED) is 0.605. The van der Waals surface area contributed by atoms with Crippen LogP contribution in [0.5, 0.6) is 5.88 Å². The lowest BCUT2D eigenvalue weighted by Gasteiger charge is -2.15. The number of nitrogens with zero attached hydrogens (tertiary/aromatic N) is 2. The summed E-state index contributed by atoms with van der Waals surface area (Å²) in [6, 6.07) is 5.74. The predicted octanol–water partition coefficient (Wildman–Crippen LogP) is 3.21. The zero-order valence-corrected chi connectivity index (χ0v) is 15.5. The van der Waals surface area contributed by atoms with Crippen molar-refractivity contribution in [3.05, 3.63) is 53.5 Å². The summed E-state index contributed by atoms with van der Waals surface area (Å²) in [4.78, 5) is 31.6. The van der Waals surface area contributed by atoms with E-state index in [1.54, 1.807) is 6.92 Å². The van der Waals surface area contributed by atoms with Crippen molar-refractivity contribution in [3.63, 3.8) is 0 Å². The van der Waals surface area contributed by atoms with Gasteiger partial charge in [0.15, 0.2) is 6.61 Å². The first-order valence-corrected chi connectivity index (χ1v) is 8.69. The molecule has 0 fully saturated rings. The number of hydrogen-bond donors (Lipinski definition) is 1. The molecule has 0 bridgehead atoms. The number of nitrogens with one attached hydrogen (secondary N) is 1. The summed E-state index contributed by atoms with van der Waals surface area (Å²) in [5.41, 5.74) is 1.37. The van der Waals surface area contributed by atoms with Crippen LogP contribution in [0.4, 0.5) is 17.6 Å². The normalized spacial score (nSPS) is 11.4. The number of pyridine rings is 2. The van der Waals surface area contributed by atoms with E-state index in [9.17, 15) is 27.2 Å². The van der Waals surface area contributed by atoms with Gasteiger partial charge < -0.3 is 10.1 Å². The maximum atomic E-state index is 12.8. The van der Waals surface area contributed by atoms with E-state index in [1.807, 2.05) is 0 Å². The maximum Gasteiger partial charge on any atom is 0.340 e. The zero-order valence-electron chi connectivity index (χ0n) is 15.5. The summed E-state index contributed by atoms with van der Waals surface area (Å²) in [6.45, 7) is 0.344. The molecule has 2 heterocycles. The van der Waals surface area contributed by atoms with E-state index < -0.39 is 24.9 Å². The van der Waals surface area contributed by atoms with Crippen molar-refractivity contribution >= 4 is 11.7 Å². The van der Waals surface area contributed by atoms with Crippen molar-refractivity contribution < 1.29 is 31.9 Å². The largest absolute Gasteiger partial charge is 0.471 e. The summed E-state index contributed by atoms with van der Waals surface area (Å²) in [7, 11) is 0. The third-order valence-electron chi connectivity index (χ3n) is 3.83. The summed E-state index contributed by atoms with van der Waals surface area (Å²) < 4.78 is 54.4. The number of rotatable bonds is 10. The number of hydrogen-bond acceptors (Lipinski definition) is 5. The molecule has 0 radical (unpaired) electrons. The van der Waals surface area contributed by atoms with Gasteiger partial charge in [0.2, 0.25) is 5.88 Å². The van der Waals surface area contributed by atoms with Crippen molar-refractivity contribution in [2.24, 2.45) is 0 Å². The molecule has 1 amide bonds. The Balaban J connectivity index is 1.89. The van der Waals surface area contributed by atoms with Crippen molar-refractivity contribution in [1.82, 2.24) is 15.3 Å². The molecule has 29 heavy (non-hydrogen) atoms. The van der Waals surface area contributed by atoms with Gasteiger partial charge in [-0.1, -0.05) is 13.0 Å². The van der Waals surface area contributed by atoms with Gasteiger partial charge in [0.1, 0.15) is 5.78 Å². The average Bonchev–Trinajstić information content (AvgIpc) is 2.71. The fraction of sp³-hybridized carbons (Fsp3) is 0.368. The lowest BCUT2D eigenvalue weighted by molar-refractivity contribution is -0.148. The van der Waals surface area contributed by atoms with Gasteiger partial charge in [0.25, 0.3) is 5.91 Å². The molecule has 0 atom stereocenters. The molecule has 0 aromatic carbocycles. The Hall–Kier alpha value is -3.04. The summed E-state index contributed by atoms with van der Waals surface area (Å²) in [5.74, 6) is -4.89. The highest BCUT2D eigenvalue weighted by Gasteiger charge is 2.41. The van der Waals surface area contributed by atoms with Crippen LogP contribution in [0.3, 0.4) is 0 Å². The van der Waals surface area contributed by atoms with Crippen LogP contribution in [0.15, 0.2) is 36.7 Å². The molecule has 10 heteroatoms. The minimum absolute atomic E-state index is 0.00903. The second-order valence-electron chi connectivity index (χ2n) is 6.14. The number of carbonyl (C=O) groups is 2. The Morgan fingerprint density at radius 3 is 2.59 bits per heavy atom. The third-order valence-corrected chi connectivity index (χ3v) is 3.83. The maximum absolute atomic E-state index is 12.8. The lowest BCUT2D eigenvalue weighted by atomic mass is 10.1. The van der Waals surface area contributed by atoms with Gasteiger partial charge in [-0.2, -0.15) is 8.78 Å². The Bertz CT molecular complexity index is 845. The van der Waals surface area contributed by atoms with Gasteiger partial charge >= 0.3 is 12.3 Å². The number of amides is 1. The van der Waals surface area contributed by atoms with Crippen LogP contribution < -0.4 is 10.1 Å². The molecule has 0 aliphatic heterocycles. The van der Waals surface area contributed by atoms with Crippen molar-refractivity contribution in [3.8, 4) is 5.88 Å². The minimum Gasteiger partial charge on any atom is -0.471 e. The van der Waals surface area contributed by atoms with E-state index in [-0.39, 0.29) is 24.6 Å². The number of aromatic nitrogens is 2. The summed E-state index contributed by atoms with van der Waals surface area (Å²) in [5, 5.41) is 2.65. The van der Waals surface area contributed by atoms with E-state index in [1.165, 1.54) is 36.7 Å². The fourth-order valence-electron chi connectivity index (χ4n) is 2.16. The van der Waals surface area contributed by atoms with Gasteiger partial charge in [-0.05, 0) is 17.7 Å². The van der Waals surface area contributed by atoms with Crippen molar-refractivity contribution in [2.75, 3.05) is 6.61 Å². The van der Waals surface area contributed by atoms with Crippen molar-refractivity contribution in [1.29, 1.82) is 0 Å². The van der Waals surface area contributed by atoms with E-state index >= 15 is 0 Å². The molecule has 1 N–H and O–H groups in total. The fourth-order valence-corrected chi connectivity index (χ4v) is 2.16. The molecule has 0 unspecified atom stereocenters. The number of ketones is 1. The minimum atomic E-state index is -4.26. The smallest absolute Gasteiger partial charge is 0.340 e. The molecule has 0 aliphatic carbocycles. The van der Waals surface area contributed by atoms with Crippen molar-refractivity contribution in [2.45, 2.75) is 38.7 Å². The molecule has 0 aliphatic rings. The topological polar surface area (TPSA) is 81.2 Å². The molecule has 0 saturated carbocycles. The Kier molecular flexibility index (Phi) is 7.63. The molecule has 2 rings (SSSR count). The Morgan fingerprint density at radius 1 is 1.21 bits per heavy atom. The highest BCUT2D eigenvalue weighted by atomic mass is 19.3. The summed E-state index contributed by atoms with van der Waals surface area (Å²) >= 11 is 0. The van der Waals surface area contributed by atoms with Crippen LogP contribution in [-0.4, -0.2) is 40.6 Å². The standard InChI is InChI=1S/C19H19F4N3O3/c1-2-15(27)8-14-7-13(5-6-24-14)17(28)26-10-12-3-4-16(25-9-12)29-11-19(22,23)18(20)21/h3-7,9,18H,2,8,10-11H2,1H3,(H,26,28). The number of halogens is 4. The number of Topliss-reactive ketones (excluding diaryl/α,β-unsaturated/α-hetero) is 1. The van der Waals surface area contributed by atoms with E-state index in [2.05, 4.69) is 20.0 Å². The van der Waals surface area contributed by atoms with Gasteiger partial charge in [0, 0.05) is 49.1 Å². The van der Waals surface area contributed by atoms with E-state index in [0.29, 0.717) is 23.2 Å². The molecule has 6 nitrogen and oxygen atoms in total. The first-order valence-electron chi connectivity index (χ1n) is 8.69. The molecular formula is C19H19F4N3O3. The molecule has 2 aromatic rings. The average molecular weight is 413 g/mol. The van der Waals surface area contributed by atoms with Gasteiger partial charge in [0.05, 0.1) is 0 Å². The molecular weight excluding hydrogens is 394 g/mol.